The molecule has 0 bridgehead atoms. The molecule has 1 aliphatic rings. The molecule has 3 amide bonds. The van der Waals surface area contributed by atoms with Crippen LogP contribution in [-0.2, 0) is 14.4 Å². The number of amides is 3. The Balaban J connectivity index is 1.78. The molecule has 1 fully saturated rings. The second kappa shape index (κ2) is 12.6. The first-order chi connectivity index (χ1) is 19.0. The zero-order valence-electron chi connectivity index (χ0n) is 23.8. The Morgan fingerprint density at radius 2 is 1.66 bits per heavy atom. The Morgan fingerprint density at radius 1 is 1.02 bits per heavy atom. The van der Waals surface area contributed by atoms with Crippen LogP contribution in [-0.4, -0.2) is 69.0 Å². The summed E-state index contributed by atoms with van der Waals surface area (Å²) in [5, 5.41) is 9.87. The number of benzene rings is 1. The number of hydrogen-bond acceptors (Lipinski definition) is 5. The van der Waals surface area contributed by atoms with Gasteiger partial charge in [-0.2, -0.15) is 18.3 Å². The number of ketones is 1. The molecular formula is C28H35ClF3N5O4. The van der Waals surface area contributed by atoms with E-state index in [0.717, 1.165) is 5.56 Å². The minimum Gasteiger partial charge on any atom is -0.344 e. The number of nitrogens with zero attached hydrogens (tertiary/aromatic N) is 3. The van der Waals surface area contributed by atoms with Crippen molar-refractivity contribution in [3.05, 3.63) is 46.2 Å². The van der Waals surface area contributed by atoms with Gasteiger partial charge in [0.25, 0.3) is 11.7 Å². The third-order valence-electron chi connectivity index (χ3n) is 7.22. The van der Waals surface area contributed by atoms with Gasteiger partial charge in [-0.05, 0) is 62.3 Å². The van der Waals surface area contributed by atoms with Crippen molar-refractivity contribution in [3.63, 3.8) is 0 Å². The number of nitrogens with one attached hydrogen (secondary N) is 2. The highest BCUT2D eigenvalue weighted by Gasteiger charge is 2.46. The van der Waals surface area contributed by atoms with E-state index in [0.29, 0.717) is 22.8 Å². The number of halogens is 4. The largest absolute Gasteiger partial charge is 0.452 e. The van der Waals surface area contributed by atoms with E-state index in [9.17, 15) is 32.3 Å². The second-order valence-corrected chi connectivity index (χ2v) is 11.4. The maximum absolute atomic E-state index is 13.6. The van der Waals surface area contributed by atoms with Crippen molar-refractivity contribution < 1.29 is 32.3 Å². The summed E-state index contributed by atoms with van der Waals surface area (Å²) in [5.41, 5.74) is 2.32. The van der Waals surface area contributed by atoms with Crippen LogP contribution < -0.4 is 10.6 Å². The molecule has 9 nitrogen and oxygen atoms in total. The monoisotopic (exact) mass is 597 g/mol. The molecule has 2 N–H and O–H groups in total. The molecule has 1 aromatic heterocycles. The van der Waals surface area contributed by atoms with E-state index in [1.54, 1.807) is 37.6 Å². The fourth-order valence-electron chi connectivity index (χ4n) is 4.83. The molecule has 0 unspecified atom stereocenters. The average Bonchev–Trinajstić information content (AvgIpc) is 3.52. The summed E-state index contributed by atoms with van der Waals surface area (Å²) in [6.45, 7) is 10.0. The van der Waals surface area contributed by atoms with Crippen LogP contribution in [0.2, 0.25) is 5.02 Å². The molecule has 224 valence electrons. The first kappa shape index (κ1) is 32.1. The van der Waals surface area contributed by atoms with Crippen LogP contribution in [0.4, 0.5) is 13.2 Å². The summed E-state index contributed by atoms with van der Waals surface area (Å²) < 4.78 is 40.9. The highest BCUT2D eigenvalue weighted by Crippen LogP contribution is 2.25. The van der Waals surface area contributed by atoms with Gasteiger partial charge in [-0.15, -0.1) is 0 Å². The molecule has 3 rings (SSSR count). The molecule has 0 spiro atoms. The van der Waals surface area contributed by atoms with Crippen molar-refractivity contribution in [2.75, 3.05) is 6.54 Å². The minimum absolute atomic E-state index is 0.183. The maximum Gasteiger partial charge on any atom is 0.452 e. The lowest BCUT2D eigenvalue weighted by Crippen LogP contribution is -2.58. The van der Waals surface area contributed by atoms with Crippen LogP contribution in [0, 0.1) is 25.7 Å². The van der Waals surface area contributed by atoms with E-state index in [1.165, 1.54) is 24.9 Å². The molecule has 1 aromatic carbocycles. The number of aryl methyl sites for hydroxylation is 1. The summed E-state index contributed by atoms with van der Waals surface area (Å²) in [6, 6.07) is 1.46. The van der Waals surface area contributed by atoms with Gasteiger partial charge in [0.05, 0.1) is 29.2 Å². The number of likely N-dealkylation sites (tertiary alicyclic amines) is 1. The van der Waals surface area contributed by atoms with Crippen molar-refractivity contribution in [2.24, 2.45) is 11.8 Å². The van der Waals surface area contributed by atoms with Crippen molar-refractivity contribution in [1.82, 2.24) is 25.3 Å². The van der Waals surface area contributed by atoms with Crippen LogP contribution in [0.1, 0.15) is 62.2 Å². The molecule has 2 heterocycles. The van der Waals surface area contributed by atoms with Crippen LogP contribution in [0.15, 0.2) is 24.4 Å². The SMILES string of the molecule is Cc1cc(-n2ncc(C(=O)N[C@H](C(=O)N3CCC[C@H]3C(=O)N[C@H](C(=O)C(F)(F)F)C(C)C)C(C)C)c2C)ccc1Cl. The summed E-state index contributed by atoms with van der Waals surface area (Å²) in [6.07, 6.45) is -3.06. The standard InChI is InChI=1S/C28H35ClF3N5O4/c1-14(2)22(24(38)28(30,31)32)34-26(40)21-8-7-11-36(21)27(41)23(15(3)4)35-25(39)19-13-33-37(17(19)6)18-9-10-20(29)16(5)12-18/h9-10,12-15,21-23H,7-8,11H2,1-6H3,(H,34,40)(H,35,39)/t21-,22-,23-/m0/s1. The second-order valence-electron chi connectivity index (χ2n) is 11.0. The van der Waals surface area contributed by atoms with Crippen molar-refractivity contribution in [3.8, 4) is 5.69 Å². The number of carbonyl (C=O) groups excluding carboxylic acids is 4. The number of carbonyl (C=O) groups is 4. The van der Waals surface area contributed by atoms with Gasteiger partial charge in [-0.3, -0.25) is 19.2 Å². The van der Waals surface area contributed by atoms with E-state index in [2.05, 4.69) is 15.7 Å². The van der Waals surface area contributed by atoms with Gasteiger partial charge in [0, 0.05) is 11.6 Å². The Labute approximate surface area is 241 Å². The summed E-state index contributed by atoms with van der Waals surface area (Å²) in [4.78, 5) is 53.1. The number of hydrogen-bond donors (Lipinski definition) is 2. The smallest absolute Gasteiger partial charge is 0.344 e. The molecule has 13 heteroatoms. The molecule has 1 saturated heterocycles. The number of aromatic nitrogens is 2. The predicted octanol–water partition coefficient (Wildman–Crippen LogP) is 4.16. The highest BCUT2D eigenvalue weighted by atomic mass is 35.5. The lowest BCUT2D eigenvalue weighted by atomic mass is 9.98. The lowest BCUT2D eigenvalue weighted by Gasteiger charge is -2.31. The van der Waals surface area contributed by atoms with Crippen LogP contribution in [0.3, 0.4) is 0 Å². The van der Waals surface area contributed by atoms with Gasteiger partial charge in [0.15, 0.2) is 0 Å². The third-order valence-corrected chi connectivity index (χ3v) is 7.65. The van der Waals surface area contributed by atoms with Gasteiger partial charge < -0.3 is 15.5 Å². The summed E-state index contributed by atoms with van der Waals surface area (Å²) in [7, 11) is 0. The van der Waals surface area contributed by atoms with Crippen LogP contribution in [0.5, 0.6) is 0 Å². The van der Waals surface area contributed by atoms with Gasteiger partial charge in [0.1, 0.15) is 12.1 Å². The summed E-state index contributed by atoms with van der Waals surface area (Å²) in [5.74, 6) is -5.15. The zero-order chi connectivity index (χ0) is 30.8. The Morgan fingerprint density at radius 3 is 2.22 bits per heavy atom. The topological polar surface area (TPSA) is 113 Å². The normalized spacial score (nSPS) is 17.1. The van der Waals surface area contributed by atoms with Crippen molar-refractivity contribution in [1.29, 1.82) is 0 Å². The molecule has 1 aliphatic heterocycles. The predicted molar refractivity (Wildman–Crippen MR) is 147 cm³/mol. The molecule has 41 heavy (non-hydrogen) atoms. The zero-order valence-corrected chi connectivity index (χ0v) is 24.6. The van der Waals surface area contributed by atoms with Gasteiger partial charge in [0.2, 0.25) is 11.8 Å². The van der Waals surface area contributed by atoms with Gasteiger partial charge in [-0.1, -0.05) is 39.3 Å². The number of Topliss-reactive ketones (excluding diaryl/α,β-unsaturated/α-hetero) is 1. The highest BCUT2D eigenvalue weighted by molar-refractivity contribution is 6.31. The summed E-state index contributed by atoms with van der Waals surface area (Å²) >= 11 is 6.12. The van der Waals surface area contributed by atoms with E-state index in [4.69, 9.17) is 11.6 Å². The molecule has 0 saturated carbocycles. The van der Waals surface area contributed by atoms with Gasteiger partial charge >= 0.3 is 6.18 Å². The quantitative estimate of drug-likeness (QED) is 0.451. The molecule has 3 atom stereocenters. The third kappa shape index (κ3) is 7.09. The van der Waals surface area contributed by atoms with Crippen molar-refractivity contribution in [2.45, 2.75) is 78.7 Å². The fraction of sp³-hybridized carbons (Fsp3) is 0.536. The first-order valence-electron chi connectivity index (χ1n) is 13.4. The molecular weight excluding hydrogens is 563 g/mol. The Kier molecular flexibility index (Phi) is 9.89. The van der Waals surface area contributed by atoms with E-state index in [1.807, 2.05) is 13.0 Å². The van der Waals surface area contributed by atoms with Crippen LogP contribution >= 0.6 is 11.6 Å². The van der Waals surface area contributed by atoms with E-state index < -0.39 is 53.7 Å². The molecule has 0 radical (unpaired) electrons. The number of alkyl halides is 3. The minimum atomic E-state index is -5.11. The molecule has 0 aliphatic carbocycles. The maximum atomic E-state index is 13.6. The Bertz CT molecular complexity index is 1320. The van der Waals surface area contributed by atoms with E-state index in [-0.39, 0.29) is 24.4 Å². The first-order valence-corrected chi connectivity index (χ1v) is 13.8. The number of rotatable bonds is 9. The van der Waals surface area contributed by atoms with Crippen molar-refractivity contribution >= 4 is 35.1 Å². The Hall–Kier alpha value is -3.41. The lowest BCUT2D eigenvalue weighted by molar-refractivity contribution is -0.175. The fourth-order valence-corrected chi connectivity index (χ4v) is 4.95. The van der Waals surface area contributed by atoms with Crippen LogP contribution in [0.25, 0.3) is 5.69 Å². The molecule has 2 aromatic rings. The van der Waals surface area contributed by atoms with E-state index >= 15 is 0 Å². The van der Waals surface area contributed by atoms with Gasteiger partial charge in [-0.25, -0.2) is 4.68 Å². The average molecular weight is 598 g/mol.